The number of hydrogen-bond donors (Lipinski definition) is 1. The molecule has 1 N–H and O–H groups in total. The number of nitrogens with one attached hydrogen (secondary N) is 1. The Morgan fingerprint density at radius 1 is 1.03 bits per heavy atom. The van der Waals surface area contributed by atoms with Crippen molar-refractivity contribution in [3.63, 3.8) is 0 Å². The number of aryl methyl sites for hydroxylation is 1. The number of urea groups is 1. The number of carbonyl (C=O) groups excluding carboxylic acids is 4. The molecule has 1 saturated heterocycles. The molecule has 0 atom stereocenters. The van der Waals surface area contributed by atoms with E-state index < -0.39 is 35.2 Å². The fraction of sp³-hybridized carbons (Fsp3) is 0.158. The molecule has 2 aromatic carbocycles. The van der Waals surface area contributed by atoms with Crippen LogP contribution < -0.4 is 5.32 Å². The zero-order valence-corrected chi connectivity index (χ0v) is 15.3. The van der Waals surface area contributed by atoms with Gasteiger partial charge in [-0.3, -0.25) is 29.4 Å². The van der Waals surface area contributed by atoms with Crippen LogP contribution in [0, 0.1) is 17.0 Å². The van der Waals surface area contributed by atoms with Crippen LogP contribution in [0.3, 0.4) is 0 Å². The lowest BCUT2D eigenvalue weighted by molar-refractivity contribution is -0.384. The number of carbonyl (C=O) groups is 4. The highest BCUT2D eigenvalue weighted by Crippen LogP contribution is 2.22. The summed E-state index contributed by atoms with van der Waals surface area (Å²) in [6.07, 6.45) is 0. The lowest BCUT2D eigenvalue weighted by Crippen LogP contribution is -2.39. The van der Waals surface area contributed by atoms with E-state index in [1.807, 2.05) is 0 Å². The molecule has 0 bridgehead atoms. The Balaban J connectivity index is 1.71. The number of nitro groups is 1. The monoisotopic (exact) mass is 396 g/mol. The predicted molar refractivity (Wildman–Crippen MR) is 101 cm³/mol. The molecular formula is C19H16N4O6. The van der Waals surface area contributed by atoms with Crippen molar-refractivity contribution in [1.29, 1.82) is 0 Å². The molecule has 1 aliphatic heterocycles. The van der Waals surface area contributed by atoms with Gasteiger partial charge in [0.05, 0.1) is 17.2 Å². The standard InChI is InChI=1S/C19H16N4O6/c1-12-7-8-14(23(28)29)9-15(12)20-16(24)11-22-18(26)17(25)21(19(22)27)10-13-5-3-2-4-6-13/h2-9H,10-11H2,1H3,(H,20,24). The summed E-state index contributed by atoms with van der Waals surface area (Å²) in [5.74, 6) is -2.88. The van der Waals surface area contributed by atoms with Gasteiger partial charge in [-0.2, -0.15) is 0 Å². The van der Waals surface area contributed by atoms with Crippen molar-refractivity contribution in [3.8, 4) is 0 Å². The van der Waals surface area contributed by atoms with Crippen LogP contribution in [0.15, 0.2) is 48.5 Å². The fourth-order valence-electron chi connectivity index (χ4n) is 2.79. The Hall–Kier alpha value is -4.08. The average molecular weight is 396 g/mol. The van der Waals surface area contributed by atoms with Crippen LogP contribution in [0.1, 0.15) is 11.1 Å². The highest BCUT2D eigenvalue weighted by atomic mass is 16.6. The van der Waals surface area contributed by atoms with Crippen LogP contribution in [-0.2, 0) is 20.9 Å². The van der Waals surface area contributed by atoms with Crippen LogP contribution in [-0.4, -0.2) is 45.0 Å². The van der Waals surface area contributed by atoms with Gasteiger partial charge < -0.3 is 5.32 Å². The summed E-state index contributed by atoms with van der Waals surface area (Å²) in [6.45, 7) is 0.861. The zero-order chi connectivity index (χ0) is 21.1. The number of anilines is 1. The molecule has 0 spiro atoms. The molecular weight excluding hydrogens is 380 g/mol. The second kappa shape index (κ2) is 7.89. The zero-order valence-electron chi connectivity index (χ0n) is 15.3. The Morgan fingerprint density at radius 2 is 1.69 bits per heavy atom. The maximum Gasteiger partial charge on any atom is 0.335 e. The van der Waals surface area contributed by atoms with Crippen LogP contribution in [0.2, 0.25) is 0 Å². The first-order valence-corrected chi connectivity index (χ1v) is 8.54. The second-order valence-corrected chi connectivity index (χ2v) is 6.36. The van der Waals surface area contributed by atoms with Gasteiger partial charge in [-0.1, -0.05) is 36.4 Å². The largest absolute Gasteiger partial charge is 0.335 e. The third kappa shape index (κ3) is 4.10. The first-order chi connectivity index (χ1) is 13.8. The van der Waals surface area contributed by atoms with Gasteiger partial charge in [0.2, 0.25) is 5.91 Å². The molecule has 148 valence electrons. The number of nitro benzene ring substituents is 1. The average Bonchev–Trinajstić information content (AvgIpc) is 2.88. The van der Waals surface area contributed by atoms with Crippen molar-refractivity contribution in [2.75, 3.05) is 11.9 Å². The highest BCUT2D eigenvalue weighted by molar-refractivity contribution is 6.45. The third-order valence-corrected chi connectivity index (χ3v) is 4.33. The van der Waals surface area contributed by atoms with Gasteiger partial charge in [-0.15, -0.1) is 0 Å². The number of rotatable bonds is 6. The summed E-state index contributed by atoms with van der Waals surface area (Å²) in [5, 5.41) is 13.3. The molecule has 10 nitrogen and oxygen atoms in total. The molecule has 0 radical (unpaired) electrons. The lowest BCUT2D eigenvalue weighted by atomic mass is 10.2. The summed E-state index contributed by atoms with van der Waals surface area (Å²) in [4.78, 5) is 60.7. The normalized spacial score (nSPS) is 13.8. The van der Waals surface area contributed by atoms with E-state index >= 15 is 0 Å². The van der Waals surface area contributed by atoms with Crippen molar-refractivity contribution >= 4 is 35.1 Å². The molecule has 0 aromatic heterocycles. The number of imide groups is 2. The molecule has 1 aliphatic rings. The van der Waals surface area contributed by atoms with Gasteiger partial charge in [0.1, 0.15) is 6.54 Å². The fourth-order valence-corrected chi connectivity index (χ4v) is 2.79. The Kier molecular flexibility index (Phi) is 5.35. The Bertz CT molecular complexity index is 1020. The molecule has 0 saturated carbocycles. The van der Waals surface area contributed by atoms with Gasteiger partial charge >= 0.3 is 17.8 Å². The number of non-ortho nitro benzene ring substituents is 1. The Labute approximate surface area is 164 Å². The molecule has 3 rings (SSSR count). The minimum absolute atomic E-state index is 0.0909. The summed E-state index contributed by atoms with van der Waals surface area (Å²) < 4.78 is 0. The molecule has 0 unspecified atom stereocenters. The number of hydrogen-bond acceptors (Lipinski definition) is 6. The van der Waals surface area contributed by atoms with E-state index in [4.69, 9.17) is 0 Å². The van der Waals surface area contributed by atoms with Crippen LogP contribution in [0.4, 0.5) is 16.2 Å². The summed E-state index contributed by atoms with van der Waals surface area (Å²) in [6, 6.07) is 11.7. The molecule has 10 heteroatoms. The second-order valence-electron chi connectivity index (χ2n) is 6.36. The Morgan fingerprint density at radius 3 is 2.34 bits per heavy atom. The molecule has 2 aromatic rings. The van der Waals surface area contributed by atoms with Gasteiger partial charge in [0, 0.05) is 12.1 Å². The smallest absolute Gasteiger partial charge is 0.324 e. The van der Waals surface area contributed by atoms with Gasteiger partial charge in [0.25, 0.3) is 5.69 Å². The maximum absolute atomic E-state index is 12.5. The minimum Gasteiger partial charge on any atom is -0.324 e. The molecule has 5 amide bonds. The molecule has 1 heterocycles. The highest BCUT2D eigenvalue weighted by Gasteiger charge is 2.45. The third-order valence-electron chi connectivity index (χ3n) is 4.33. The van der Waals surface area contributed by atoms with Gasteiger partial charge in [0.15, 0.2) is 0 Å². The molecule has 1 fully saturated rings. The summed E-state index contributed by atoms with van der Waals surface area (Å²) in [5.41, 5.74) is 1.17. The van der Waals surface area contributed by atoms with E-state index in [0.29, 0.717) is 16.0 Å². The van der Waals surface area contributed by atoms with Crippen LogP contribution in [0.5, 0.6) is 0 Å². The SMILES string of the molecule is Cc1ccc([N+](=O)[O-])cc1NC(=O)CN1C(=O)C(=O)N(Cc2ccccc2)C1=O. The van der Waals surface area contributed by atoms with E-state index in [9.17, 15) is 29.3 Å². The number of benzene rings is 2. The van der Waals surface area contributed by atoms with Crippen molar-refractivity contribution in [3.05, 3.63) is 69.8 Å². The molecule has 0 aliphatic carbocycles. The van der Waals surface area contributed by atoms with Crippen molar-refractivity contribution < 1.29 is 24.1 Å². The summed E-state index contributed by atoms with van der Waals surface area (Å²) in [7, 11) is 0. The van der Waals surface area contributed by atoms with Crippen LogP contribution in [0.25, 0.3) is 0 Å². The van der Waals surface area contributed by atoms with Crippen molar-refractivity contribution in [2.45, 2.75) is 13.5 Å². The number of amides is 5. The maximum atomic E-state index is 12.5. The van der Waals surface area contributed by atoms with E-state index in [-0.39, 0.29) is 17.9 Å². The topological polar surface area (TPSA) is 130 Å². The van der Waals surface area contributed by atoms with Gasteiger partial charge in [-0.25, -0.2) is 9.69 Å². The van der Waals surface area contributed by atoms with E-state index in [1.165, 1.54) is 18.2 Å². The molecule has 29 heavy (non-hydrogen) atoms. The van der Waals surface area contributed by atoms with E-state index in [1.54, 1.807) is 37.3 Å². The number of nitrogens with zero attached hydrogens (tertiary/aromatic N) is 3. The predicted octanol–water partition coefficient (Wildman–Crippen LogP) is 1.83. The summed E-state index contributed by atoms with van der Waals surface area (Å²) >= 11 is 0. The first kappa shape index (κ1) is 19.7. The lowest BCUT2D eigenvalue weighted by Gasteiger charge is -2.16. The first-order valence-electron chi connectivity index (χ1n) is 8.54. The quantitative estimate of drug-likeness (QED) is 0.343. The van der Waals surface area contributed by atoms with Crippen molar-refractivity contribution in [2.24, 2.45) is 0 Å². The van der Waals surface area contributed by atoms with E-state index in [0.717, 1.165) is 4.90 Å². The van der Waals surface area contributed by atoms with Crippen LogP contribution >= 0.6 is 0 Å². The minimum atomic E-state index is -1.10. The van der Waals surface area contributed by atoms with E-state index in [2.05, 4.69) is 5.32 Å². The van der Waals surface area contributed by atoms with Crippen molar-refractivity contribution in [1.82, 2.24) is 9.80 Å². The van der Waals surface area contributed by atoms with Gasteiger partial charge in [-0.05, 0) is 18.1 Å².